The molecule has 3 nitrogen and oxygen atoms in total. The van der Waals surface area contributed by atoms with E-state index in [1.807, 2.05) is 26.0 Å². The van der Waals surface area contributed by atoms with Crippen molar-refractivity contribution in [2.75, 3.05) is 13.2 Å². The highest BCUT2D eigenvalue weighted by atomic mass is 16.5. The van der Waals surface area contributed by atoms with Gasteiger partial charge in [-0.1, -0.05) is 12.1 Å². The fourth-order valence-electron chi connectivity index (χ4n) is 1.85. The molecule has 3 heteroatoms. The zero-order valence-corrected chi connectivity index (χ0v) is 11.6. The molecule has 1 rings (SSSR count). The Morgan fingerprint density at radius 2 is 1.89 bits per heavy atom. The van der Waals surface area contributed by atoms with Gasteiger partial charge in [-0.25, -0.2) is 0 Å². The van der Waals surface area contributed by atoms with Crippen LogP contribution in [0.2, 0.25) is 0 Å². The van der Waals surface area contributed by atoms with Gasteiger partial charge in [0, 0.05) is 6.04 Å². The van der Waals surface area contributed by atoms with E-state index in [1.165, 1.54) is 5.56 Å². The minimum Gasteiger partial charge on any atom is -0.494 e. The van der Waals surface area contributed by atoms with Gasteiger partial charge in [-0.3, -0.25) is 0 Å². The molecule has 0 aliphatic rings. The van der Waals surface area contributed by atoms with Crippen LogP contribution in [0.15, 0.2) is 24.3 Å². The number of aliphatic hydroxyl groups is 1. The Labute approximate surface area is 110 Å². The van der Waals surface area contributed by atoms with Crippen LogP contribution >= 0.6 is 0 Å². The summed E-state index contributed by atoms with van der Waals surface area (Å²) < 4.78 is 5.42. The second kappa shape index (κ2) is 8.11. The molecule has 2 atom stereocenters. The number of rotatable bonds is 8. The first kappa shape index (κ1) is 15.0. The van der Waals surface area contributed by atoms with Gasteiger partial charge in [-0.2, -0.15) is 0 Å². The van der Waals surface area contributed by atoms with Crippen molar-refractivity contribution in [1.82, 2.24) is 5.32 Å². The summed E-state index contributed by atoms with van der Waals surface area (Å²) in [5.41, 5.74) is 1.26. The van der Waals surface area contributed by atoms with E-state index in [0.717, 1.165) is 25.1 Å². The third kappa shape index (κ3) is 5.52. The molecule has 0 spiro atoms. The number of nitrogens with one attached hydrogen (secondary N) is 1. The summed E-state index contributed by atoms with van der Waals surface area (Å²) in [4.78, 5) is 0. The van der Waals surface area contributed by atoms with E-state index in [9.17, 15) is 5.11 Å². The SMILES string of the molecule is CCOc1ccc(C(C)NCCCC(C)O)cc1. The molecule has 102 valence electrons. The van der Waals surface area contributed by atoms with E-state index in [2.05, 4.69) is 24.4 Å². The topological polar surface area (TPSA) is 41.5 Å². The summed E-state index contributed by atoms with van der Waals surface area (Å²) in [7, 11) is 0. The van der Waals surface area contributed by atoms with Crippen LogP contribution in [0.25, 0.3) is 0 Å². The molecule has 0 fully saturated rings. The maximum absolute atomic E-state index is 9.17. The Kier molecular flexibility index (Phi) is 6.76. The molecule has 0 bridgehead atoms. The van der Waals surface area contributed by atoms with Gasteiger partial charge in [0.2, 0.25) is 0 Å². The summed E-state index contributed by atoms with van der Waals surface area (Å²) in [6.45, 7) is 7.60. The molecular weight excluding hydrogens is 226 g/mol. The van der Waals surface area contributed by atoms with Crippen LogP contribution in [0.3, 0.4) is 0 Å². The van der Waals surface area contributed by atoms with Gasteiger partial charge in [0.05, 0.1) is 12.7 Å². The smallest absolute Gasteiger partial charge is 0.119 e. The van der Waals surface area contributed by atoms with Crippen molar-refractivity contribution in [3.63, 3.8) is 0 Å². The maximum Gasteiger partial charge on any atom is 0.119 e. The van der Waals surface area contributed by atoms with E-state index in [1.54, 1.807) is 0 Å². The second-order valence-electron chi connectivity index (χ2n) is 4.67. The van der Waals surface area contributed by atoms with Crippen molar-refractivity contribution in [3.05, 3.63) is 29.8 Å². The Morgan fingerprint density at radius 1 is 1.22 bits per heavy atom. The molecule has 1 aromatic rings. The Bertz CT molecular complexity index is 322. The molecule has 18 heavy (non-hydrogen) atoms. The summed E-state index contributed by atoms with van der Waals surface area (Å²) in [5.74, 6) is 0.919. The molecule has 2 N–H and O–H groups in total. The van der Waals surface area contributed by atoms with E-state index in [-0.39, 0.29) is 6.10 Å². The minimum atomic E-state index is -0.201. The number of aliphatic hydroxyl groups excluding tert-OH is 1. The zero-order chi connectivity index (χ0) is 13.4. The Balaban J connectivity index is 2.34. The molecule has 2 unspecified atom stereocenters. The minimum absolute atomic E-state index is 0.201. The maximum atomic E-state index is 9.17. The molecule has 0 heterocycles. The lowest BCUT2D eigenvalue weighted by Gasteiger charge is -2.15. The first-order valence-electron chi connectivity index (χ1n) is 6.77. The quantitative estimate of drug-likeness (QED) is 0.698. The standard InChI is InChI=1S/C15H25NO2/c1-4-18-15-9-7-14(8-10-15)13(3)16-11-5-6-12(2)17/h7-10,12-13,16-17H,4-6,11H2,1-3H3. The van der Waals surface area contributed by atoms with Crippen LogP contribution in [0, 0.1) is 0 Å². The molecule has 0 amide bonds. The fraction of sp³-hybridized carbons (Fsp3) is 0.600. The first-order chi connectivity index (χ1) is 8.63. The number of hydrogen-bond donors (Lipinski definition) is 2. The van der Waals surface area contributed by atoms with Crippen molar-refractivity contribution in [1.29, 1.82) is 0 Å². The lowest BCUT2D eigenvalue weighted by Crippen LogP contribution is -2.20. The first-order valence-corrected chi connectivity index (χ1v) is 6.77. The normalized spacial score (nSPS) is 14.2. The van der Waals surface area contributed by atoms with Crippen molar-refractivity contribution in [2.45, 2.75) is 45.8 Å². The predicted molar refractivity (Wildman–Crippen MR) is 74.9 cm³/mol. The fourth-order valence-corrected chi connectivity index (χ4v) is 1.85. The third-order valence-corrected chi connectivity index (χ3v) is 2.94. The highest BCUT2D eigenvalue weighted by Gasteiger charge is 2.04. The largest absolute Gasteiger partial charge is 0.494 e. The van der Waals surface area contributed by atoms with E-state index in [4.69, 9.17) is 4.74 Å². The summed E-state index contributed by atoms with van der Waals surface area (Å²) in [6, 6.07) is 8.53. The lowest BCUT2D eigenvalue weighted by molar-refractivity contribution is 0.181. The highest BCUT2D eigenvalue weighted by Crippen LogP contribution is 2.17. The molecule has 1 aromatic carbocycles. The van der Waals surface area contributed by atoms with Gasteiger partial charge in [0.15, 0.2) is 0 Å². The van der Waals surface area contributed by atoms with Crippen LogP contribution in [-0.2, 0) is 0 Å². The number of ether oxygens (including phenoxy) is 1. The van der Waals surface area contributed by atoms with Crippen LogP contribution in [0.1, 0.15) is 45.2 Å². The van der Waals surface area contributed by atoms with Gasteiger partial charge in [-0.15, -0.1) is 0 Å². The van der Waals surface area contributed by atoms with Crippen LogP contribution in [-0.4, -0.2) is 24.4 Å². The molecule has 0 radical (unpaired) electrons. The van der Waals surface area contributed by atoms with E-state index < -0.39 is 0 Å². The van der Waals surface area contributed by atoms with Gasteiger partial charge in [0.25, 0.3) is 0 Å². The third-order valence-electron chi connectivity index (χ3n) is 2.94. The van der Waals surface area contributed by atoms with E-state index in [0.29, 0.717) is 12.6 Å². The van der Waals surface area contributed by atoms with Crippen molar-refractivity contribution >= 4 is 0 Å². The van der Waals surface area contributed by atoms with Gasteiger partial charge >= 0.3 is 0 Å². The van der Waals surface area contributed by atoms with Crippen molar-refractivity contribution in [3.8, 4) is 5.75 Å². The van der Waals surface area contributed by atoms with Gasteiger partial charge < -0.3 is 15.2 Å². The molecule has 0 aliphatic carbocycles. The predicted octanol–water partition coefficient (Wildman–Crippen LogP) is 2.90. The summed E-state index contributed by atoms with van der Waals surface area (Å²) in [5, 5.41) is 12.6. The zero-order valence-electron chi connectivity index (χ0n) is 11.6. The summed E-state index contributed by atoms with van der Waals surface area (Å²) >= 11 is 0. The molecule has 0 saturated heterocycles. The van der Waals surface area contributed by atoms with Crippen molar-refractivity contribution < 1.29 is 9.84 Å². The van der Waals surface area contributed by atoms with E-state index >= 15 is 0 Å². The average Bonchev–Trinajstić information content (AvgIpc) is 2.35. The number of benzene rings is 1. The van der Waals surface area contributed by atoms with Crippen LogP contribution < -0.4 is 10.1 Å². The van der Waals surface area contributed by atoms with Crippen LogP contribution in [0.4, 0.5) is 0 Å². The number of hydrogen-bond acceptors (Lipinski definition) is 3. The highest BCUT2D eigenvalue weighted by molar-refractivity contribution is 5.28. The second-order valence-corrected chi connectivity index (χ2v) is 4.67. The summed E-state index contributed by atoms with van der Waals surface area (Å²) in [6.07, 6.45) is 1.65. The molecule has 0 aromatic heterocycles. The Morgan fingerprint density at radius 3 is 2.44 bits per heavy atom. The van der Waals surface area contributed by atoms with Crippen LogP contribution in [0.5, 0.6) is 5.75 Å². The lowest BCUT2D eigenvalue weighted by atomic mass is 10.1. The monoisotopic (exact) mass is 251 g/mol. The molecule has 0 saturated carbocycles. The van der Waals surface area contributed by atoms with Gasteiger partial charge in [-0.05, 0) is 57.9 Å². The molecule has 0 aliphatic heterocycles. The average molecular weight is 251 g/mol. The van der Waals surface area contributed by atoms with Crippen molar-refractivity contribution in [2.24, 2.45) is 0 Å². The van der Waals surface area contributed by atoms with Gasteiger partial charge in [0.1, 0.15) is 5.75 Å². The Hall–Kier alpha value is -1.06. The molecular formula is C15H25NO2.